The average Bonchev–Trinajstić information content (AvgIpc) is 2.35. The van der Waals surface area contributed by atoms with E-state index < -0.39 is 0 Å². The van der Waals surface area contributed by atoms with Crippen molar-refractivity contribution in [2.75, 3.05) is 0 Å². The van der Waals surface area contributed by atoms with Crippen LogP contribution in [-0.2, 0) is 0 Å². The Kier molecular flexibility index (Phi) is 4.37. The molecule has 0 amide bonds. The predicted octanol–water partition coefficient (Wildman–Crippen LogP) is 3.07. The Hall–Kier alpha value is -0.640. The van der Waals surface area contributed by atoms with Crippen LogP contribution in [0.3, 0.4) is 0 Å². The topological polar surface area (TPSA) is 50.9 Å². The molecular formula is C13H20ClN3. The van der Waals surface area contributed by atoms with E-state index in [9.17, 15) is 0 Å². The minimum atomic E-state index is 0.201. The number of aromatic nitrogens is 1. The zero-order chi connectivity index (χ0) is 12.3. The summed E-state index contributed by atoms with van der Waals surface area (Å²) in [6, 6.07) is 4.04. The molecule has 0 saturated heterocycles. The van der Waals surface area contributed by atoms with Crippen LogP contribution in [0.25, 0.3) is 0 Å². The maximum atomic E-state index is 5.80. The average molecular weight is 254 g/mol. The van der Waals surface area contributed by atoms with Gasteiger partial charge in [-0.15, -0.1) is 0 Å². The van der Waals surface area contributed by atoms with Gasteiger partial charge in [0.2, 0.25) is 0 Å². The molecule has 1 aliphatic carbocycles. The molecule has 2 rings (SSSR count). The Morgan fingerprint density at radius 2 is 2.06 bits per heavy atom. The van der Waals surface area contributed by atoms with Gasteiger partial charge in [-0.1, -0.05) is 37.4 Å². The first-order valence-corrected chi connectivity index (χ1v) is 6.66. The van der Waals surface area contributed by atoms with E-state index in [-0.39, 0.29) is 6.04 Å². The second-order valence-corrected chi connectivity index (χ2v) is 5.47. The van der Waals surface area contributed by atoms with E-state index in [1.807, 2.05) is 18.3 Å². The first-order valence-electron chi connectivity index (χ1n) is 6.28. The molecule has 1 aromatic rings. The summed E-state index contributed by atoms with van der Waals surface area (Å²) in [6.45, 7) is 2.32. The Labute approximate surface area is 108 Å². The van der Waals surface area contributed by atoms with Crippen LogP contribution in [0.5, 0.6) is 0 Å². The number of rotatable bonds is 3. The van der Waals surface area contributed by atoms with Gasteiger partial charge in [0.1, 0.15) is 5.15 Å². The van der Waals surface area contributed by atoms with Gasteiger partial charge in [0.05, 0.1) is 6.04 Å². The lowest BCUT2D eigenvalue weighted by molar-refractivity contribution is 0.232. The van der Waals surface area contributed by atoms with E-state index in [1.165, 1.54) is 25.7 Å². The summed E-state index contributed by atoms with van der Waals surface area (Å²) in [6.07, 6.45) is 6.88. The Balaban J connectivity index is 2.08. The fourth-order valence-corrected chi connectivity index (χ4v) is 2.81. The van der Waals surface area contributed by atoms with Gasteiger partial charge in [-0.25, -0.2) is 4.98 Å². The second kappa shape index (κ2) is 5.80. The lowest BCUT2D eigenvalue weighted by Gasteiger charge is -2.32. The summed E-state index contributed by atoms with van der Waals surface area (Å²) in [5.74, 6) is 7.16. The minimum absolute atomic E-state index is 0.201. The Morgan fingerprint density at radius 1 is 1.35 bits per heavy atom. The van der Waals surface area contributed by atoms with E-state index in [0.717, 1.165) is 11.5 Å². The van der Waals surface area contributed by atoms with E-state index >= 15 is 0 Å². The van der Waals surface area contributed by atoms with E-state index in [2.05, 4.69) is 17.3 Å². The van der Waals surface area contributed by atoms with Gasteiger partial charge in [-0.05, 0) is 36.3 Å². The molecule has 1 unspecified atom stereocenters. The minimum Gasteiger partial charge on any atom is -0.271 e. The van der Waals surface area contributed by atoms with Crippen molar-refractivity contribution in [2.45, 2.75) is 38.6 Å². The number of hydrogen-bond donors (Lipinski definition) is 2. The molecule has 1 fully saturated rings. The van der Waals surface area contributed by atoms with E-state index in [0.29, 0.717) is 11.1 Å². The third kappa shape index (κ3) is 3.18. The monoisotopic (exact) mass is 253 g/mol. The third-order valence-corrected chi connectivity index (χ3v) is 4.04. The summed E-state index contributed by atoms with van der Waals surface area (Å²) in [5.41, 5.74) is 4.07. The van der Waals surface area contributed by atoms with Crippen LogP contribution >= 0.6 is 11.6 Å². The number of hydrazine groups is 1. The number of halogens is 1. The standard InChI is InChI=1S/C13H20ClN3/c1-9-2-4-10(5-3-9)13(17-15)11-6-7-12(14)16-8-11/h6-10,13,17H,2-5,15H2,1H3. The van der Waals surface area contributed by atoms with Crippen LogP contribution in [0.15, 0.2) is 18.3 Å². The summed E-state index contributed by atoms with van der Waals surface area (Å²) in [4.78, 5) is 4.13. The third-order valence-electron chi connectivity index (χ3n) is 3.82. The molecule has 4 heteroatoms. The van der Waals surface area contributed by atoms with Crippen LogP contribution in [0.4, 0.5) is 0 Å². The highest BCUT2D eigenvalue weighted by Gasteiger charge is 2.26. The molecule has 17 heavy (non-hydrogen) atoms. The molecule has 1 atom stereocenters. The number of hydrogen-bond acceptors (Lipinski definition) is 3. The zero-order valence-corrected chi connectivity index (χ0v) is 11.0. The van der Waals surface area contributed by atoms with Crippen molar-refractivity contribution >= 4 is 11.6 Å². The fourth-order valence-electron chi connectivity index (χ4n) is 2.69. The van der Waals surface area contributed by atoms with Crippen molar-refractivity contribution < 1.29 is 0 Å². The molecule has 0 radical (unpaired) electrons. The summed E-state index contributed by atoms with van der Waals surface area (Å²) < 4.78 is 0. The van der Waals surface area contributed by atoms with Gasteiger partial charge in [0.25, 0.3) is 0 Å². The van der Waals surface area contributed by atoms with Gasteiger partial charge in [-0.3, -0.25) is 11.3 Å². The first-order chi connectivity index (χ1) is 8.20. The van der Waals surface area contributed by atoms with Crippen LogP contribution in [0.2, 0.25) is 5.15 Å². The molecule has 3 nitrogen and oxygen atoms in total. The van der Waals surface area contributed by atoms with Crippen molar-refractivity contribution in [3.8, 4) is 0 Å². The normalized spacial score (nSPS) is 26.8. The summed E-state index contributed by atoms with van der Waals surface area (Å²) in [7, 11) is 0. The predicted molar refractivity (Wildman–Crippen MR) is 70.4 cm³/mol. The molecule has 0 spiro atoms. The molecule has 1 aliphatic rings. The van der Waals surface area contributed by atoms with Crippen molar-refractivity contribution in [2.24, 2.45) is 17.7 Å². The van der Waals surface area contributed by atoms with Crippen LogP contribution in [-0.4, -0.2) is 4.98 Å². The maximum Gasteiger partial charge on any atom is 0.129 e. The summed E-state index contributed by atoms with van der Waals surface area (Å²) in [5, 5.41) is 0.529. The lowest BCUT2D eigenvalue weighted by atomic mass is 9.78. The highest BCUT2D eigenvalue weighted by molar-refractivity contribution is 6.29. The number of nitrogens with one attached hydrogen (secondary N) is 1. The van der Waals surface area contributed by atoms with E-state index in [1.54, 1.807) is 0 Å². The van der Waals surface area contributed by atoms with Crippen LogP contribution in [0, 0.1) is 11.8 Å². The van der Waals surface area contributed by atoms with Gasteiger partial charge in [-0.2, -0.15) is 0 Å². The van der Waals surface area contributed by atoms with Gasteiger partial charge in [0, 0.05) is 6.20 Å². The molecule has 94 valence electrons. The maximum absolute atomic E-state index is 5.80. The molecule has 1 heterocycles. The highest BCUT2D eigenvalue weighted by Crippen LogP contribution is 2.36. The number of pyridine rings is 1. The summed E-state index contributed by atoms with van der Waals surface area (Å²) >= 11 is 5.80. The molecule has 0 bridgehead atoms. The van der Waals surface area contributed by atoms with Crippen molar-refractivity contribution in [1.82, 2.24) is 10.4 Å². The van der Waals surface area contributed by atoms with Gasteiger partial charge in [0.15, 0.2) is 0 Å². The van der Waals surface area contributed by atoms with Gasteiger partial charge < -0.3 is 0 Å². The van der Waals surface area contributed by atoms with Crippen molar-refractivity contribution in [1.29, 1.82) is 0 Å². The van der Waals surface area contributed by atoms with Crippen LogP contribution < -0.4 is 11.3 Å². The van der Waals surface area contributed by atoms with Crippen molar-refractivity contribution in [3.63, 3.8) is 0 Å². The SMILES string of the molecule is CC1CCC(C(NN)c2ccc(Cl)nc2)CC1. The number of nitrogens with two attached hydrogens (primary N) is 1. The van der Waals surface area contributed by atoms with Gasteiger partial charge >= 0.3 is 0 Å². The first kappa shape index (κ1) is 12.8. The largest absolute Gasteiger partial charge is 0.271 e. The molecule has 1 aromatic heterocycles. The highest BCUT2D eigenvalue weighted by atomic mass is 35.5. The molecule has 3 N–H and O–H groups in total. The second-order valence-electron chi connectivity index (χ2n) is 5.08. The fraction of sp³-hybridized carbons (Fsp3) is 0.615. The van der Waals surface area contributed by atoms with Crippen molar-refractivity contribution in [3.05, 3.63) is 29.0 Å². The zero-order valence-electron chi connectivity index (χ0n) is 10.2. The lowest BCUT2D eigenvalue weighted by Crippen LogP contribution is -2.35. The number of nitrogens with zero attached hydrogens (tertiary/aromatic N) is 1. The molecule has 0 aliphatic heterocycles. The molecule has 1 saturated carbocycles. The molecular weight excluding hydrogens is 234 g/mol. The smallest absolute Gasteiger partial charge is 0.129 e. The quantitative estimate of drug-likeness (QED) is 0.495. The Bertz CT molecular complexity index is 344. The Morgan fingerprint density at radius 3 is 2.59 bits per heavy atom. The van der Waals surface area contributed by atoms with E-state index in [4.69, 9.17) is 17.4 Å². The molecule has 0 aromatic carbocycles. The van der Waals surface area contributed by atoms with Crippen LogP contribution in [0.1, 0.15) is 44.2 Å².